The van der Waals surface area contributed by atoms with Crippen molar-refractivity contribution in [2.45, 2.75) is 38.5 Å². The molecular weight excluding hydrogens is 151 g/mol. The first-order valence-corrected chi connectivity index (χ1v) is 3.99. The molecule has 1 aliphatic carbocycles. The van der Waals surface area contributed by atoms with Gasteiger partial charge >= 0.3 is 29.6 Å². The fourth-order valence-electron chi connectivity index (χ4n) is 1.63. The number of carbonyl (C=O) groups excluding carboxylic acids is 1. The maximum Gasteiger partial charge on any atom is 1.00 e. The summed E-state index contributed by atoms with van der Waals surface area (Å²) in [4.78, 5) is 10.2. The Morgan fingerprint density at radius 3 is 2.27 bits per heavy atom. The molecule has 11 heavy (non-hydrogen) atoms. The summed E-state index contributed by atoms with van der Waals surface area (Å²) in [6, 6.07) is 0. The first-order valence-electron chi connectivity index (χ1n) is 3.99. The van der Waals surface area contributed by atoms with Crippen LogP contribution >= 0.6 is 0 Å². The van der Waals surface area contributed by atoms with Gasteiger partial charge in [-0.1, -0.05) is 32.1 Å². The Hall–Kier alpha value is 0.470. The van der Waals surface area contributed by atoms with Crippen molar-refractivity contribution in [3.05, 3.63) is 0 Å². The van der Waals surface area contributed by atoms with E-state index in [0.717, 1.165) is 12.8 Å². The van der Waals surface area contributed by atoms with Crippen molar-refractivity contribution >= 4 is 5.97 Å². The minimum atomic E-state index is -0.882. The van der Waals surface area contributed by atoms with Crippen molar-refractivity contribution < 1.29 is 39.5 Å². The van der Waals surface area contributed by atoms with Crippen LogP contribution in [0.5, 0.6) is 0 Å². The molecule has 2 nitrogen and oxygen atoms in total. The van der Waals surface area contributed by atoms with Crippen LogP contribution in [0.4, 0.5) is 0 Å². The van der Waals surface area contributed by atoms with Crippen LogP contribution in [0.25, 0.3) is 0 Å². The van der Waals surface area contributed by atoms with Gasteiger partial charge in [-0.25, -0.2) is 0 Å². The first kappa shape index (κ1) is 11.5. The standard InChI is InChI=1S/C8H14O2.Na/c9-8(10)6-7-4-2-1-3-5-7;/h7H,1-6H2,(H,9,10);/q;+1/p-1. The number of aliphatic carboxylic acids is 1. The number of carbonyl (C=O) groups is 1. The average molecular weight is 164 g/mol. The van der Waals surface area contributed by atoms with E-state index in [1.807, 2.05) is 0 Å². The van der Waals surface area contributed by atoms with Crippen molar-refractivity contribution in [3.63, 3.8) is 0 Å². The molecule has 0 saturated heterocycles. The summed E-state index contributed by atoms with van der Waals surface area (Å²) in [5, 5.41) is 10.2. The Morgan fingerprint density at radius 2 is 1.82 bits per heavy atom. The molecule has 0 aromatic heterocycles. The Balaban J connectivity index is 0.000001000. The normalized spacial score (nSPS) is 18.9. The second-order valence-corrected chi connectivity index (χ2v) is 3.08. The quantitative estimate of drug-likeness (QED) is 0.431. The molecule has 0 spiro atoms. The predicted molar refractivity (Wildman–Crippen MR) is 36.2 cm³/mol. The van der Waals surface area contributed by atoms with E-state index in [2.05, 4.69) is 0 Å². The van der Waals surface area contributed by atoms with Crippen LogP contribution < -0.4 is 34.7 Å². The molecule has 1 rings (SSSR count). The van der Waals surface area contributed by atoms with E-state index >= 15 is 0 Å². The number of rotatable bonds is 2. The molecule has 0 aromatic rings. The molecule has 1 fully saturated rings. The molecule has 1 aliphatic rings. The smallest absolute Gasteiger partial charge is 0.550 e. The van der Waals surface area contributed by atoms with Gasteiger partial charge < -0.3 is 9.90 Å². The van der Waals surface area contributed by atoms with E-state index in [9.17, 15) is 9.90 Å². The van der Waals surface area contributed by atoms with Crippen LogP contribution in [-0.4, -0.2) is 5.97 Å². The monoisotopic (exact) mass is 164 g/mol. The second-order valence-electron chi connectivity index (χ2n) is 3.08. The van der Waals surface area contributed by atoms with Crippen molar-refractivity contribution in [2.24, 2.45) is 5.92 Å². The summed E-state index contributed by atoms with van der Waals surface area (Å²) in [7, 11) is 0. The third-order valence-corrected chi connectivity index (χ3v) is 2.18. The van der Waals surface area contributed by atoms with E-state index in [1.165, 1.54) is 19.3 Å². The Labute approximate surface area is 89.7 Å². The van der Waals surface area contributed by atoms with Gasteiger partial charge in [-0.3, -0.25) is 0 Å². The van der Waals surface area contributed by atoms with Crippen molar-refractivity contribution in [1.82, 2.24) is 0 Å². The molecule has 0 radical (unpaired) electrons. The molecule has 0 aromatic carbocycles. The SMILES string of the molecule is O=C([O-])CC1CCCCC1.[Na+]. The Morgan fingerprint density at radius 1 is 1.27 bits per heavy atom. The van der Waals surface area contributed by atoms with E-state index in [1.54, 1.807) is 0 Å². The van der Waals surface area contributed by atoms with Crippen LogP contribution in [0.1, 0.15) is 38.5 Å². The molecule has 0 unspecified atom stereocenters. The maximum atomic E-state index is 10.2. The zero-order valence-corrected chi connectivity index (χ0v) is 9.14. The zero-order valence-electron chi connectivity index (χ0n) is 7.14. The van der Waals surface area contributed by atoms with Crippen LogP contribution in [-0.2, 0) is 4.79 Å². The molecule has 0 amide bonds. The minimum absolute atomic E-state index is 0. The van der Waals surface area contributed by atoms with E-state index in [4.69, 9.17) is 0 Å². The Bertz CT molecular complexity index is 119. The van der Waals surface area contributed by atoms with Crippen molar-refractivity contribution in [3.8, 4) is 0 Å². The average Bonchev–Trinajstić information content (AvgIpc) is 1.88. The van der Waals surface area contributed by atoms with Crippen LogP contribution in [0.3, 0.4) is 0 Å². The molecule has 0 N–H and O–H groups in total. The van der Waals surface area contributed by atoms with Gasteiger partial charge in [-0.2, -0.15) is 0 Å². The fraction of sp³-hybridized carbons (Fsp3) is 0.875. The predicted octanol–water partition coefficient (Wildman–Crippen LogP) is -2.29. The summed E-state index contributed by atoms with van der Waals surface area (Å²) in [5.74, 6) is -0.467. The van der Waals surface area contributed by atoms with Crippen molar-refractivity contribution in [2.75, 3.05) is 0 Å². The molecule has 0 bridgehead atoms. The fourth-order valence-corrected chi connectivity index (χ4v) is 1.63. The molecule has 0 heterocycles. The minimum Gasteiger partial charge on any atom is -0.550 e. The van der Waals surface area contributed by atoms with Crippen LogP contribution in [0.15, 0.2) is 0 Å². The van der Waals surface area contributed by atoms with Crippen LogP contribution in [0, 0.1) is 5.92 Å². The van der Waals surface area contributed by atoms with Crippen molar-refractivity contribution in [1.29, 1.82) is 0 Å². The van der Waals surface area contributed by atoms with Gasteiger partial charge in [0.15, 0.2) is 0 Å². The maximum absolute atomic E-state index is 10.2. The topological polar surface area (TPSA) is 40.1 Å². The van der Waals surface area contributed by atoms with Gasteiger partial charge in [0.25, 0.3) is 0 Å². The molecular formula is C8H13NaO2. The molecule has 0 aliphatic heterocycles. The third kappa shape index (κ3) is 4.83. The van der Waals surface area contributed by atoms with Gasteiger partial charge in [0.2, 0.25) is 0 Å². The van der Waals surface area contributed by atoms with Gasteiger partial charge in [0.1, 0.15) is 0 Å². The number of hydrogen-bond donors (Lipinski definition) is 0. The zero-order chi connectivity index (χ0) is 7.40. The summed E-state index contributed by atoms with van der Waals surface area (Å²) in [6.45, 7) is 0. The summed E-state index contributed by atoms with van der Waals surface area (Å²) in [6.07, 6.45) is 6.15. The molecule has 58 valence electrons. The summed E-state index contributed by atoms with van der Waals surface area (Å²) in [5.41, 5.74) is 0. The van der Waals surface area contributed by atoms with Gasteiger partial charge in [0.05, 0.1) is 0 Å². The molecule has 3 heteroatoms. The van der Waals surface area contributed by atoms with E-state index in [0.29, 0.717) is 5.92 Å². The van der Waals surface area contributed by atoms with Gasteiger partial charge in [-0.05, 0) is 12.3 Å². The van der Waals surface area contributed by atoms with Crippen LogP contribution in [0.2, 0.25) is 0 Å². The largest absolute Gasteiger partial charge is 1.00 e. The number of carboxylic acid groups (broad SMARTS) is 1. The summed E-state index contributed by atoms with van der Waals surface area (Å²) < 4.78 is 0. The Kier molecular flexibility index (Phi) is 6.30. The molecule has 1 saturated carbocycles. The third-order valence-electron chi connectivity index (χ3n) is 2.18. The first-order chi connectivity index (χ1) is 4.79. The van der Waals surface area contributed by atoms with Gasteiger partial charge in [0, 0.05) is 5.97 Å². The van der Waals surface area contributed by atoms with E-state index < -0.39 is 5.97 Å². The van der Waals surface area contributed by atoms with E-state index in [-0.39, 0.29) is 36.0 Å². The number of carboxylic acids is 1. The molecule has 0 atom stereocenters. The summed E-state index contributed by atoms with van der Waals surface area (Å²) >= 11 is 0. The number of hydrogen-bond acceptors (Lipinski definition) is 2. The second kappa shape index (κ2) is 6.04. The van der Waals surface area contributed by atoms with Gasteiger partial charge in [-0.15, -0.1) is 0 Å².